The molecule has 0 bridgehead atoms. The summed E-state index contributed by atoms with van der Waals surface area (Å²) in [6.07, 6.45) is 2.65. The average molecular weight is 438 g/mol. The van der Waals surface area contributed by atoms with Crippen LogP contribution in [0.2, 0.25) is 0 Å². The summed E-state index contributed by atoms with van der Waals surface area (Å²) < 4.78 is 0. The van der Waals surface area contributed by atoms with Gasteiger partial charge in [-0.2, -0.15) is 20.2 Å². The molecule has 3 rings (SSSR count). The van der Waals surface area contributed by atoms with E-state index in [4.69, 9.17) is 5.26 Å². The molecule has 0 aliphatic carbocycles. The van der Waals surface area contributed by atoms with Crippen molar-refractivity contribution >= 4 is 29.4 Å². The number of nitriles is 1. The molecule has 10 heteroatoms. The van der Waals surface area contributed by atoms with Crippen molar-refractivity contribution in [3.05, 3.63) is 29.3 Å². The van der Waals surface area contributed by atoms with Gasteiger partial charge in [-0.25, -0.2) is 0 Å². The Labute approximate surface area is 188 Å². The maximum atomic E-state index is 12.1. The number of nitrogens with zero attached hydrogens (tertiary/aromatic N) is 5. The maximum absolute atomic E-state index is 12.1. The number of aryl methyl sites for hydroxylation is 1. The first-order valence-corrected chi connectivity index (χ1v) is 10.7. The van der Waals surface area contributed by atoms with Crippen LogP contribution in [-0.2, 0) is 0 Å². The van der Waals surface area contributed by atoms with E-state index >= 15 is 0 Å². The molecule has 4 N–H and O–H groups in total. The van der Waals surface area contributed by atoms with Gasteiger partial charge in [-0.3, -0.25) is 10.1 Å². The molecule has 170 valence electrons. The van der Waals surface area contributed by atoms with Gasteiger partial charge in [0.05, 0.1) is 0 Å². The smallest absolute Gasteiger partial charge is 0.264 e. The summed E-state index contributed by atoms with van der Waals surface area (Å²) in [5.41, 5.74) is 2.03. The quantitative estimate of drug-likeness (QED) is 0.381. The summed E-state index contributed by atoms with van der Waals surface area (Å²) in [4.78, 5) is 27.9. The molecule has 1 saturated heterocycles. The van der Waals surface area contributed by atoms with E-state index in [2.05, 4.69) is 57.0 Å². The summed E-state index contributed by atoms with van der Waals surface area (Å²) in [5.74, 6) is 0.975. The zero-order valence-electron chi connectivity index (χ0n) is 19.3. The lowest BCUT2D eigenvalue weighted by Gasteiger charge is -2.27. The molecule has 0 saturated carbocycles. The van der Waals surface area contributed by atoms with Gasteiger partial charge >= 0.3 is 0 Å². The Morgan fingerprint density at radius 1 is 1.28 bits per heavy atom. The highest BCUT2D eigenvalue weighted by atomic mass is 16.1. The number of carbonyl (C=O) groups excluding carboxylic acids is 1. The second-order valence-electron chi connectivity index (χ2n) is 9.25. The van der Waals surface area contributed by atoms with Crippen molar-refractivity contribution in [2.45, 2.75) is 40.2 Å². The second kappa shape index (κ2) is 9.78. The Kier molecular flexibility index (Phi) is 7.10. The fourth-order valence-electron chi connectivity index (χ4n) is 3.54. The molecule has 1 aliphatic heterocycles. The van der Waals surface area contributed by atoms with Gasteiger partial charge in [0.1, 0.15) is 0 Å². The van der Waals surface area contributed by atoms with Gasteiger partial charge < -0.3 is 20.9 Å². The van der Waals surface area contributed by atoms with E-state index in [0.29, 0.717) is 29.1 Å². The van der Waals surface area contributed by atoms with E-state index in [1.165, 1.54) is 0 Å². The van der Waals surface area contributed by atoms with Gasteiger partial charge in [-0.15, -0.1) is 0 Å². The number of carbonyl (C=O) groups is 1. The largest absolute Gasteiger partial charge is 0.350 e. The number of hydrogen-bond donors (Lipinski definition) is 4. The molecule has 1 amide bonds. The van der Waals surface area contributed by atoms with Crippen LogP contribution < -0.4 is 26.2 Å². The first-order valence-electron chi connectivity index (χ1n) is 10.7. The van der Waals surface area contributed by atoms with Crippen LogP contribution in [0.5, 0.6) is 0 Å². The molecule has 2 heterocycles. The number of benzene rings is 1. The minimum Gasteiger partial charge on any atom is -0.350 e. The van der Waals surface area contributed by atoms with Crippen LogP contribution >= 0.6 is 0 Å². The van der Waals surface area contributed by atoms with Gasteiger partial charge in [0.2, 0.25) is 17.8 Å². The monoisotopic (exact) mass is 437 g/mol. The molecule has 1 atom stereocenters. The maximum Gasteiger partial charge on any atom is 0.264 e. The van der Waals surface area contributed by atoms with E-state index in [-0.39, 0.29) is 11.5 Å². The number of anilines is 4. The number of aromatic nitrogens is 3. The summed E-state index contributed by atoms with van der Waals surface area (Å²) in [6, 6.07) is 5.42. The fourth-order valence-corrected chi connectivity index (χ4v) is 3.54. The molecule has 1 aliphatic rings. The molecule has 1 fully saturated rings. The minimum atomic E-state index is -0.465. The van der Waals surface area contributed by atoms with E-state index < -0.39 is 5.91 Å². The molecule has 0 unspecified atom stereocenters. The first kappa shape index (κ1) is 23.2. The highest BCUT2D eigenvalue weighted by Gasteiger charge is 2.20. The molecule has 2 aromatic rings. The second-order valence-corrected chi connectivity index (χ2v) is 9.25. The Bertz CT molecular complexity index is 1000. The zero-order valence-corrected chi connectivity index (χ0v) is 19.3. The lowest BCUT2D eigenvalue weighted by molar-refractivity contribution is 0.0973. The van der Waals surface area contributed by atoms with Crippen LogP contribution in [0.1, 0.15) is 43.1 Å². The number of rotatable bonds is 7. The van der Waals surface area contributed by atoms with Gasteiger partial charge in [0.25, 0.3) is 5.91 Å². The lowest BCUT2D eigenvalue weighted by atomic mass is 9.96. The molecule has 0 radical (unpaired) electrons. The van der Waals surface area contributed by atoms with Gasteiger partial charge in [0.15, 0.2) is 6.19 Å². The van der Waals surface area contributed by atoms with Gasteiger partial charge in [-0.1, -0.05) is 26.8 Å². The highest BCUT2D eigenvalue weighted by Crippen LogP contribution is 2.24. The van der Waals surface area contributed by atoms with Crippen molar-refractivity contribution in [3.63, 3.8) is 0 Å². The van der Waals surface area contributed by atoms with Crippen molar-refractivity contribution in [1.82, 2.24) is 25.6 Å². The zero-order chi connectivity index (χ0) is 23.3. The van der Waals surface area contributed by atoms with Crippen molar-refractivity contribution in [1.29, 1.82) is 5.26 Å². The molecule has 1 aromatic carbocycles. The Balaban J connectivity index is 1.92. The van der Waals surface area contributed by atoms with Crippen molar-refractivity contribution in [2.75, 3.05) is 42.2 Å². The van der Waals surface area contributed by atoms with Crippen molar-refractivity contribution < 1.29 is 4.79 Å². The van der Waals surface area contributed by atoms with Crippen LogP contribution in [0.4, 0.5) is 23.5 Å². The molecule has 32 heavy (non-hydrogen) atoms. The Hall–Kier alpha value is -3.45. The average Bonchev–Trinajstić information content (AvgIpc) is 3.21. The summed E-state index contributed by atoms with van der Waals surface area (Å²) in [5, 5.41) is 20.8. The summed E-state index contributed by atoms with van der Waals surface area (Å²) in [7, 11) is 1.96. The first-order chi connectivity index (χ1) is 15.1. The van der Waals surface area contributed by atoms with Gasteiger partial charge in [-0.05, 0) is 43.0 Å². The highest BCUT2D eigenvalue weighted by molar-refractivity contribution is 5.96. The number of amides is 1. The van der Waals surface area contributed by atoms with E-state index in [9.17, 15) is 4.79 Å². The third-order valence-corrected chi connectivity index (χ3v) is 4.99. The lowest BCUT2D eigenvalue weighted by Crippen LogP contribution is -2.31. The summed E-state index contributed by atoms with van der Waals surface area (Å²) in [6.45, 7) is 11.0. The Morgan fingerprint density at radius 2 is 2.03 bits per heavy atom. The summed E-state index contributed by atoms with van der Waals surface area (Å²) >= 11 is 0. The SMILES string of the molecule is Cc1ccc(C(=O)NC#N)cc1Nc1nc(N[C@@H]2CCNC2)nc(N(C)CC(C)(C)C)n1. The van der Waals surface area contributed by atoms with Gasteiger partial charge in [0, 0.05) is 37.4 Å². The van der Waals surface area contributed by atoms with E-state index in [0.717, 1.165) is 31.6 Å². The standard InChI is InChI=1S/C22H31N9O/c1-14-6-7-15(18(32)25-13-23)10-17(14)27-20-28-19(26-16-8-9-24-11-16)29-21(30-20)31(5)12-22(2,3)4/h6-7,10,16,24H,8-9,11-12H2,1-5H3,(H,25,32)(H2,26,27,28,29,30)/t16-/m1/s1. The van der Waals surface area contributed by atoms with Crippen LogP contribution in [0.15, 0.2) is 18.2 Å². The predicted octanol–water partition coefficient (Wildman–Crippen LogP) is 2.39. The molecular formula is C22H31N9O. The van der Waals surface area contributed by atoms with Crippen LogP contribution in [0.3, 0.4) is 0 Å². The van der Waals surface area contributed by atoms with Crippen LogP contribution in [0, 0.1) is 23.8 Å². The minimum absolute atomic E-state index is 0.0664. The fraction of sp³-hybridized carbons (Fsp3) is 0.500. The molecular weight excluding hydrogens is 406 g/mol. The predicted molar refractivity (Wildman–Crippen MR) is 125 cm³/mol. The van der Waals surface area contributed by atoms with E-state index in [1.54, 1.807) is 18.3 Å². The number of hydrogen-bond acceptors (Lipinski definition) is 9. The topological polar surface area (TPSA) is 131 Å². The van der Waals surface area contributed by atoms with E-state index in [1.807, 2.05) is 24.9 Å². The number of nitrogens with one attached hydrogen (secondary N) is 4. The van der Waals surface area contributed by atoms with Crippen molar-refractivity contribution in [3.8, 4) is 6.19 Å². The normalized spacial score (nSPS) is 15.7. The third-order valence-electron chi connectivity index (χ3n) is 4.99. The van der Waals surface area contributed by atoms with Crippen LogP contribution in [-0.4, -0.2) is 53.6 Å². The molecule has 10 nitrogen and oxygen atoms in total. The third kappa shape index (κ3) is 6.28. The van der Waals surface area contributed by atoms with Crippen molar-refractivity contribution in [2.24, 2.45) is 5.41 Å². The van der Waals surface area contributed by atoms with Crippen LogP contribution in [0.25, 0.3) is 0 Å². The Morgan fingerprint density at radius 3 is 2.69 bits per heavy atom. The molecule has 0 spiro atoms. The molecule has 1 aromatic heterocycles.